The summed E-state index contributed by atoms with van der Waals surface area (Å²) in [6.07, 6.45) is 2.51. The highest BCUT2D eigenvalue weighted by molar-refractivity contribution is 5.69. The van der Waals surface area contributed by atoms with Gasteiger partial charge >= 0.3 is 5.97 Å². The molecule has 1 unspecified atom stereocenters. The molecule has 33 heavy (non-hydrogen) atoms. The quantitative estimate of drug-likeness (QED) is 0.469. The van der Waals surface area contributed by atoms with Gasteiger partial charge in [-0.15, -0.1) is 0 Å². The molecular formula is C24H43N3O6. The second-order valence-electron chi connectivity index (χ2n) is 7.10. The molecular weight excluding hydrogens is 426 g/mol. The van der Waals surface area contributed by atoms with Gasteiger partial charge in [-0.05, 0) is 18.9 Å². The molecule has 0 aromatic heterocycles. The second-order valence-corrected chi connectivity index (χ2v) is 7.10. The molecule has 1 fully saturated rings. The number of carbonyl (C=O) groups is 3. The maximum absolute atomic E-state index is 11.3. The molecule has 1 heterocycles. The summed E-state index contributed by atoms with van der Waals surface area (Å²) < 4.78 is 0. The molecule has 9 heteroatoms. The van der Waals surface area contributed by atoms with E-state index in [0.29, 0.717) is 45.8 Å². The Morgan fingerprint density at radius 1 is 0.909 bits per heavy atom. The fraction of sp³-hybridized carbons (Fsp3) is 0.625. The highest BCUT2D eigenvalue weighted by Gasteiger charge is 2.25. The molecule has 9 nitrogen and oxygen atoms in total. The lowest BCUT2D eigenvalue weighted by Gasteiger charge is -2.33. The second kappa shape index (κ2) is 21.7. The van der Waals surface area contributed by atoms with Crippen molar-refractivity contribution in [3.05, 3.63) is 35.4 Å². The number of carbonyl (C=O) groups excluding carboxylic acids is 2. The van der Waals surface area contributed by atoms with Crippen LogP contribution in [0.5, 0.6) is 0 Å². The zero-order valence-corrected chi connectivity index (χ0v) is 20.8. The molecule has 1 aromatic carbocycles. The lowest BCUT2D eigenvalue weighted by molar-refractivity contribution is -0.138. The number of aliphatic hydroxyl groups excluding tert-OH is 2. The molecule has 1 saturated heterocycles. The normalized spacial score (nSPS) is 17.2. The molecule has 0 amide bonds. The van der Waals surface area contributed by atoms with E-state index in [9.17, 15) is 19.5 Å². The van der Waals surface area contributed by atoms with Crippen LogP contribution >= 0.6 is 0 Å². The summed E-state index contributed by atoms with van der Waals surface area (Å²) in [5.74, 6) is -0.868. The van der Waals surface area contributed by atoms with Crippen LogP contribution in [0.15, 0.2) is 24.3 Å². The number of hydrogen-bond acceptors (Lipinski definition) is 8. The molecule has 1 atom stereocenters. The van der Waals surface area contributed by atoms with E-state index in [4.69, 9.17) is 10.2 Å². The number of aldehydes is 2. The van der Waals surface area contributed by atoms with Crippen LogP contribution < -0.4 is 0 Å². The van der Waals surface area contributed by atoms with E-state index in [1.165, 1.54) is 11.1 Å². The topological polar surface area (TPSA) is 122 Å². The van der Waals surface area contributed by atoms with Gasteiger partial charge in [0.25, 0.3) is 0 Å². The fourth-order valence-electron chi connectivity index (χ4n) is 3.50. The SMILES string of the molecule is CC.CO.CO.Cc1ccc(CC2CN(CC(=O)O)CCN(CC=O)CCN2CC=O)cc1. The van der Waals surface area contributed by atoms with Crippen molar-refractivity contribution in [2.24, 2.45) is 0 Å². The predicted octanol–water partition coefficient (Wildman–Crippen LogP) is 0.551. The maximum atomic E-state index is 11.3. The monoisotopic (exact) mass is 469 g/mol. The lowest BCUT2D eigenvalue weighted by Crippen LogP contribution is -2.47. The first-order valence-electron chi connectivity index (χ1n) is 11.2. The summed E-state index contributed by atoms with van der Waals surface area (Å²) in [7, 11) is 2.00. The third kappa shape index (κ3) is 14.6. The van der Waals surface area contributed by atoms with Crippen molar-refractivity contribution in [2.75, 3.05) is 66.6 Å². The Balaban J connectivity index is 0. The van der Waals surface area contributed by atoms with Crippen LogP contribution in [0, 0.1) is 6.92 Å². The Labute approximate surface area is 198 Å². The van der Waals surface area contributed by atoms with Crippen LogP contribution in [0.3, 0.4) is 0 Å². The summed E-state index contributed by atoms with van der Waals surface area (Å²) in [5.41, 5.74) is 2.36. The number of nitrogens with zero attached hydrogens (tertiary/aromatic N) is 3. The first-order valence-corrected chi connectivity index (χ1v) is 11.2. The number of rotatable bonds is 8. The van der Waals surface area contributed by atoms with Gasteiger partial charge in [-0.25, -0.2) is 0 Å². The lowest BCUT2D eigenvalue weighted by atomic mass is 10.0. The summed E-state index contributed by atoms with van der Waals surface area (Å²) in [5, 5.41) is 23.3. The number of carboxylic acids is 1. The van der Waals surface area contributed by atoms with Crippen LogP contribution in [-0.2, 0) is 20.8 Å². The molecule has 0 aliphatic carbocycles. The van der Waals surface area contributed by atoms with Gasteiger partial charge in [-0.2, -0.15) is 0 Å². The van der Waals surface area contributed by atoms with Gasteiger partial charge in [0.2, 0.25) is 0 Å². The highest BCUT2D eigenvalue weighted by Crippen LogP contribution is 2.14. The largest absolute Gasteiger partial charge is 0.480 e. The van der Waals surface area contributed by atoms with Crippen LogP contribution in [0.1, 0.15) is 25.0 Å². The molecule has 3 N–H and O–H groups in total. The third-order valence-corrected chi connectivity index (χ3v) is 5.01. The predicted molar refractivity (Wildman–Crippen MR) is 131 cm³/mol. The standard InChI is InChI=1S/C20H29N3O4.C2H6.2CH4O/c1-17-2-4-18(5-3-17)14-19-15-22(16-20(26)27)7-6-21(10-12-24)8-9-23(19)11-13-25;3*1-2/h2-5,12-13,19H,6-11,14-16H2,1H3,(H,26,27);1-2H3;2*2H,1H3. The zero-order chi connectivity index (χ0) is 25.6. The molecule has 1 aliphatic heterocycles. The minimum atomic E-state index is -0.868. The van der Waals surface area contributed by atoms with E-state index in [2.05, 4.69) is 29.2 Å². The summed E-state index contributed by atoms with van der Waals surface area (Å²) in [6.45, 7) is 9.75. The highest BCUT2D eigenvalue weighted by atomic mass is 16.4. The van der Waals surface area contributed by atoms with Gasteiger partial charge in [-0.3, -0.25) is 19.5 Å². The van der Waals surface area contributed by atoms with Gasteiger partial charge in [-0.1, -0.05) is 43.7 Å². The number of aryl methyl sites for hydroxylation is 1. The van der Waals surface area contributed by atoms with E-state index in [1.54, 1.807) is 0 Å². The minimum absolute atomic E-state index is 0.0356. The number of carboxylic acid groups (broad SMARTS) is 1. The Morgan fingerprint density at radius 3 is 1.94 bits per heavy atom. The number of benzene rings is 1. The Bertz CT molecular complexity index is 627. The average molecular weight is 470 g/mol. The Kier molecular flexibility index (Phi) is 21.7. The van der Waals surface area contributed by atoms with E-state index in [1.807, 2.05) is 30.6 Å². The van der Waals surface area contributed by atoms with Crippen molar-refractivity contribution in [1.29, 1.82) is 0 Å². The van der Waals surface area contributed by atoms with Crippen molar-refractivity contribution < 1.29 is 29.7 Å². The number of aliphatic hydroxyl groups is 2. The van der Waals surface area contributed by atoms with E-state index >= 15 is 0 Å². The average Bonchev–Trinajstić information content (AvgIpc) is 2.90. The summed E-state index contributed by atoms with van der Waals surface area (Å²) in [6, 6.07) is 8.33. The molecule has 0 bridgehead atoms. The number of hydrogen-bond donors (Lipinski definition) is 3. The van der Waals surface area contributed by atoms with E-state index in [-0.39, 0.29) is 12.6 Å². The Morgan fingerprint density at radius 2 is 1.42 bits per heavy atom. The minimum Gasteiger partial charge on any atom is -0.480 e. The molecule has 1 aromatic rings. The van der Waals surface area contributed by atoms with Crippen molar-refractivity contribution in [2.45, 2.75) is 33.2 Å². The van der Waals surface area contributed by atoms with Gasteiger partial charge in [0.05, 0.1) is 19.6 Å². The van der Waals surface area contributed by atoms with E-state index < -0.39 is 5.97 Å². The van der Waals surface area contributed by atoms with Crippen LogP contribution in [-0.4, -0.2) is 121 Å². The molecule has 0 saturated carbocycles. The van der Waals surface area contributed by atoms with Gasteiger partial charge in [0.15, 0.2) is 0 Å². The Hall–Kier alpha value is -2.17. The van der Waals surface area contributed by atoms with Gasteiger partial charge < -0.3 is 24.9 Å². The van der Waals surface area contributed by atoms with Crippen molar-refractivity contribution in [3.8, 4) is 0 Å². The number of aliphatic carboxylic acids is 1. The molecule has 2 rings (SSSR count). The molecule has 0 spiro atoms. The van der Waals surface area contributed by atoms with Crippen LogP contribution in [0.2, 0.25) is 0 Å². The van der Waals surface area contributed by atoms with Crippen molar-refractivity contribution >= 4 is 18.5 Å². The third-order valence-electron chi connectivity index (χ3n) is 5.01. The van der Waals surface area contributed by atoms with E-state index in [0.717, 1.165) is 33.2 Å². The summed E-state index contributed by atoms with van der Waals surface area (Å²) in [4.78, 5) is 39.5. The van der Waals surface area contributed by atoms with Gasteiger partial charge in [0.1, 0.15) is 12.6 Å². The van der Waals surface area contributed by atoms with Gasteiger partial charge in [0, 0.05) is 53.0 Å². The first kappa shape index (κ1) is 33.0. The fourth-order valence-corrected chi connectivity index (χ4v) is 3.50. The van der Waals surface area contributed by atoms with Crippen LogP contribution in [0.25, 0.3) is 0 Å². The molecule has 1 aliphatic rings. The van der Waals surface area contributed by atoms with Crippen molar-refractivity contribution in [3.63, 3.8) is 0 Å². The first-order chi connectivity index (χ1) is 16.0. The zero-order valence-electron chi connectivity index (χ0n) is 20.8. The van der Waals surface area contributed by atoms with Crippen LogP contribution in [0.4, 0.5) is 0 Å². The smallest absolute Gasteiger partial charge is 0.317 e. The molecule has 0 radical (unpaired) electrons. The molecule has 190 valence electrons. The maximum Gasteiger partial charge on any atom is 0.317 e. The summed E-state index contributed by atoms with van der Waals surface area (Å²) >= 11 is 0. The van der Waals surface area contributed by atoms with Crippen molar-refractivity contribution in [1.82, 2.24) is 14.7 Å².